The molecule has 0 aliphatic heterocycles. The predicted molar refractivity (Wildman–Crippen MR) is 75.8 cm³/mol. The van der Waals surface area contributed by atoms with Crippen LogP contribution in [-0.2, 0) is 6.54 Å². The Morgan fingerprint density at radius 3 is 2.95 bits per heavy atom. The van der Waals surface area contributed by atoms with E-state index in [9.17, 15) is 0 Å². The van der Waals surface area contributed by atoms with Gasteiger partial charge in [-0.05, 0) is 36.5 Å². The van der Waals surface area contributed by atoms with Gasteiger partial charge in [-0.25, -0.2) is 0 Å². The van der Waals surface area contributed by atoms with E-state index in [1.165, 1.54) is 18.4 Å². The van der Waals surface area contributed by atoms with Crippen molar-refractivity contribution < 1.29 is 4.52 Å². The maximum Gasteiger partial charge on any atom is 0.223 e. The van der Waals surface area contributed by atoms with Gasteiger partial charge in [-0.3, -0.25) is 0 Å². The molecule has 1 aliphatic rings. The van der Waals surface area contributed by atoms with Crippen LogP contribution in [0.3, 0.4) is 0 Å². The lowest BCUT2D eigenvalue weighted by molar-refractivity contribution is 0.285. The molecule has 1 N–H and O–H groups in total. The van der Waals surface area contributed by atoms with Crippen molar-refractivity contribution in [3.8, 4) is 0 Å². The zero-order valence-corrected chi connectivity index (χ0v) is 12.4. The van der Waals surface area contributed by atoms with E-state index in [2.05, 4.69) is 55.7 Å². The molecule has 1 aliphatic carbocycles. The molecule has 1 heterocycles. The van der Waals surface area contributed by atoms with Crippen LogP contribution >= 0.6 is 15.9 Å². The second kappa shape index (κ2) is 5.43. The van der Waals surface area contributed by atoms with Crippen molar-refractivity contribution in [1.82, 2.24) is 15.5 Å². The number of benzene rings is 1. The molecule has 0 radical (unpaired) electrons. The first kappa shape index (κ1) is 12.8. The Balaban J connectivity index is 1.48. The van der Waals surface area contributed by atoms with Crippen LogP contribution in [0.1, 0.15) is 36.0 Å². The first-order valence-corrected chi connectivity index (χ1v) is 7.28. The fourth-order valence-electron chi connectivity index (χ4n) is 2.47. The van der Waals surface area contributed by atoms with Crippen molar-refractivity contribution in [2.45, 2.75) is 38.3 Å². The van der Waals surface area contributed by atoms with E-state index in [-0.39, 0.29) is 0 Å². The Bertz CT molecular complexity index is 563. The van der Waals surface area contributed by atoms with Gasteiger partial charge in [0.15, 0.2) is 5.82 Å². The average molecular weight is 322 g/mol. The highest BCUT2D eigenvalue weighted by molar-refractivity contribution is 9.10. The fourth-order valence-corrected chi connectivity index (χ4v) is 2.88. The lowest BCUT2D eigenvalue weighted by Crippen LogP contribution is -2.39. The second-order valence-electron chi connectivity index (χ2n) is 5.03. The summed E-state index contributed by atoms with van der Waals surface area (Å²) in [5.74, 6) is 2.03. The predicted octanol–water partition coefficient (Wildman–Crippen LogP) is 3.18. The molecule has 100 valence electrons. The Kier molecular flexibility index (Phi) is 3.66. The molecule has 1 aromatic carbocycles. The summed E-state index contributed by atoms with van der Waals surface area (Å²) in [5, 5.41) is 7.35. The second-order valence-corrected chi connectivity index (χ2v) is 5.95. The molecule has 0 unspecified atom stereocenters. The van der Waals surface area contributed by atoms with Crippen LogP contribution in [0.15, 0.2) is 33.3 Å². The van der Waals surface area contributed by atoms with Crippen molar-refractivity contribution in [3.05, 3.63) is 46.0 Å². The van der Waals surface area contributed by atoms with Gasteiger partial charge < -0.3 is 9.84 Å². The molecule has 0 bridgehead atoms. The molecule has 0 saturated heterocycles. The summed E-state index contributed by atoms with van der Waals surface area (Å²) in [5.41, 5.74) is 1.42. The Hall–Kier alpha value is -1.20. The molecule has 2 aromatic rings. The van der Waals surface area contributed by atoms with Crippen LogP contribution < -0.4 is 5.32 Å². The summed E-state index contributed by atoms with van der Waals surface area (Å²) >= 11 is 3.52. The van der Waals surface area contributed by atoms with Gasteiger partial charge in [-0.1, -0.05) is 33.2 Å². The number of aryl methyl sites for hydroxylation is 1. The van der Waals surface area contributed by atoms with Gasteiger partial charge in [0.25, 0.3) is 0 Å². The fraction of sp³-hybridized carbons (Fsp3) is 0.429. The van der Waals surface area contributed by atoms with Crippen LogP contribution in [0, 0.1) is 6.92 Å². The van der Waals surface area contributed by atoms with E-state index in [0.717, 1.165) is 10.3 Å². The molecule has 1 saturated carbocycles. The largest absolute Gasteiger partial charge is 0.340 e. The van der Waals surface area contributed by atoms with Crippen molar-refractivity contribution in [2.24, 2.45) is 0 Å². The first-order valence-electron chi connectivity index (χ1n) is 6.49. The van der Waals surface area contributed by atoms with Gasteiger partial charge >= 0.3 is 0 Å². The highest BCUT2D eigenvalue weighted by Crippen LogP contribution is 2.37. The van der Waals surface area contributed by atoms with Crippen LogP contribution in [0.5, 0.6) is 0 Å². The van der Waals surface area contributed by atoms with Crippen LogP contribution in [0.25, 0.3) is 0 Å². The number of rotatable bonds is 4. The third-order valence-corrected chi connectivity index (χ3v) is 4.07. The molecule has 1 fully saturated rings. The molecule has 0 spiro atoms. The standard InChI is InChI=1S/C14H16BrN3O/c1-9-17-14(18-19-9)8-16-13-6-11(7-13)10-3-2-4-12(15)5-10/h2-5,11,13,16H,6-8H2,1H3. The third-order valence-electron chi connectivity index (χ3n) is 3.58. The molecule has 1 aromatic heterocycles. The number of nitrogens with zero attached hydrogens (tertiary/aromatic N) is 2. The molecule has 5 heteroatoms. The number of halogens is 1. The lowest BCUT2D eigenvalue weighted by Gasteiger charge is -2.36. The van der Waals surface area contributed by atoms with Crippen molar-refractivity contribution in [3.63, 3.8) is 0 Å². The SMILES string of the molecule is Cc1nc(CNC2CC(c3cccc(Br)c3)C2)no1. The number of hydrogen-bond donors (Lipinski definition) is 1. The van der Waals surface area contributed by atoms with Gasteiger partial charge in [0.05, 0.1) is 6.54 Å². The first-order chi connectivity index (χ1) is 9.20. The molecule has 19 heavy (non-hydrogen) atoms. The number of nitrogens with one attached hydrogen (secondary N) is 1. The Morgan fingerprint density at radius 1 is 1.42 bits per heavy atom. The minimum Gasteiger partial charge on any atom is -0.340 e. The van der Waals surface area contributed by atoms with Crippen LogP contribution in [0.2, 0.25) is 0 Å². The minimum absolute atomic E-state index is 0.558. The summed E-state index contributed by atoms with van der Waals surface area (Å²) in [4.78, 5) is 4.18. The number of aromatic nitrogens is 2. The molecule has 0 amide bonds. The summed E-state index contributed by atoms with van der Waals surface area (Å²) in [6.07, 6.45) is 2.35. The van der Waals surface area contributed by atoms with E-state index in [1.54, 1.807) is 0 Å². The summed E-state index contributed by atoms with van der Waals surface area (Å²) in [6.45, 7) is 2.50. The van der Waals surface area contributed by atoms with E-state index < -0.39 is 0 Å². The van der Waals surface area contributed by atoms with Crippen LogP contribution in [0.4, 0.5) is 0 Å². The van der Waals surface area contributed by atoms with Gasteiger partial charge in [0.2, 0.25) is 5.89 Å². The minimum atomic E-state index is 0.558. The highest BCUT2D eigenvalue weighted by atomic mass is 79.9. The topological polar surface area (TPSA) is 51.0 Å². The zero-order chi connectivity index (χ0) is 13.2. The Labute approximate surface area is 120 Å². The van der Waals surface area contributed by atoms with E-state index in [0.29, 0.717) is 24.4 Å². The number of hydrogen-bond acceptors (Lipinski definition) is 4. The van der Waals surface area contributed by atoms with Gasteiger partial charge in [-0.2, -0.15) is 4.98 Å². The normalized spacial score (nSPS) is 22.2. The summed E-state index contributed by atoms with van der Waals surface area (Å²) in [7, 11) is 0. The van der Waals surface area contributed by atoms with E-state index in [1.807, 2.05) is 6.92 Å². The van der Waals surface area contributed by atoms with E-state index in [4.69, 9.17) is 4.52 Å². The molecule has 0 atom stereocenters. The maximum absolute atomic E-state index is 4.95. The van der Waals surface area contributed by atoms with E-state index >= 15 is 0 Å². The van der Waals surface area contributed by atoms with Gasteiger partial charge in [0.1, 0.15) is 0 Å². The van der Waals surface area contributed by atoms with Crippen LogP contribution in [-0.4, -0.2) is 16.2 Å². The van der Waals surface area contributed by atoms with Crippen molar-refractivity contribution in [2.75, 3.05) is 0 Å². The molecular weight excluding hydrogens is 306 g/mol. The van der Waals surface area contributed by atoms with Gasteiger partial charge in [0, 0.05) is 17.4 Å². The summed E-state index contributed by atoms with van der Waals surface area (Å²) < 4.78 is 6.10. The average Bonchev–Trinajstić information content (AvgIpc) is 2.73. The maximum atomic E-state index is 4.95. The molecular formula is C14H16BrN3O. The summed E-state index contributed by atoms with van der Waals surface area (Å²) in [6, 6.07) is 9.14. The highest BCUT2D eigenvalue weighted by Gasteiger charge is 2.30. The zero-order valence-electron chi connectivity index (χ0n) is 10.8. The molecule has 3 rings (SSSR count). The van der Waals surface area contributed by atoms with Crippen molar-refractivity contribution in [1.29, 1.82) is 0 Å². The quantitative estimate of drug-likeness (QED) is 0.939. The van der Waals surface area contributed by atoms with Gasteiger partial charge in [-0.15, -0.1) is 0 Å². The monoisotopic (exact) mass is 321 g/mol. The smallest absolute Gasteiger partial charge is 0.223 e. The lowest BCUT2D eigenvalue weighted by atomic mass is 9.76. The molecule has 4 nitrogen and oxygen atoms in total. The Morgan fingerprint density at radius 2 is 2.26 bits per heavy atom. The third kappa shape index (κ3) is 3.04. The van der Waals surface area contributed by atoms with Crippen molar-refractivity contribution >= 4 is 15.9 Å².